The number of thiazole rings is 1. The molecule has 0 unspecified atom stereocenters. The first-order chi connectivity index (χ1) is 12.9. The van der Waals surface area contributed by atoms with Gasteiger partial charge >= 0.3 is 0 Å². The Morgan fingerprint density at radius 3 is 2.74 bits per heavy atom. The largest absolute Gasteiger partial charge is 0.345 e. The summed E-state index contributed by atoms with van der Waals surface area (Å²) in [6.07, 6.45) is 4.45. The van der Waals surface area contributed by atoms with Crippen LogP contribution < -0.4 is 5.32 Å². The summed E-state index contributed by atoms with van der Waals surface area (Å²) in [4.78, 5) is 28.2. The van der Waals surface area contributed by atoms with Crippen molar-refractivity contribution in [1.82, 2.24) is 24.8 Å². The highest BCUT2D eigenvalue weighted by molar-refractivity contribution is 7.11. The van der Waals surface area contributed by atoms with Gasteiger partial charge in [-0.2, -0.15) is 0 Å². The Kier molecular flexibility index (Phi) is 4.72. The van der Waals surface area contributed by atoms with Crippen LogP contribution in [0.1, 0.15) is 69.7 Å². The molecule has 4 rings (SSSR count). The molecule has 0 fully saturated rings. The number of imidazole rings is 1. The SMILES string of the molecule is Cc1cc(C(=O)N[C@H](C)c2sc(C)nc2C)c2nc3n(c2n1)CCCCC3. The molecule has 0 aliphatic carbocycles. The minimum atomic E-state index is -0.100. The van der Waals surface area contributed by atoms with Gasteiger partial charge in [-0.1, -0.05) is 6.42 Å². The predicted octanol–water partition coefficient (Wildman–Crippen LogP) is 4.03. The summed E-state index contributed by atoms with van der Waals surface area (Å²) < 4.78 is 2.20. The quantitative estimate of drug-likeness (QED) is 0.741. The Morgan fingerprint density at radius 1 is 1.19 bits per heavy atom. The topological polar surface area (TPSA) is 72.7 Å². The molecule has 1 aliphatic rings. The molecule has 142 valence electrons. The van der Waals surface area contributed by atoms with Crippen molar-refractivity contribution in [3.8, 4) is 0 Å². The molecule has 1 aliphatic heterocycles. The molecule has 3 aromatic heterocycles. The van der Waals surface area contributed by atoms with E-state index in [1.54, 1.807) is 11.3 Å². The molecule has 0 saturated carbocycles. The lowest BCUT2D eigenvalue weighted by Gasteiger charge is -2.13. The first-order valence-corrected chi connectivity index (χ1v) is 10.4. The van der Waals surface area contributed by atoms with Gasteiger partial charge in [-0.15, -0.1) is 11.3 Å². The van der Waals surface area contributed by atoms with Crippen molar-refractivity contribution >= 4 is 28.4 Å². The second-order valence-corrected chi connectivity index (χ2v) is 8.59. The summed E-state index contributed by atoms with van der Waals surface area (Å²) >= 11 is 1.63. The molecular formula is C20H25N5OS. The molecule has 1 amide bonds. The van der Waals surface area contributed by atoms with Crippen molar-refractivity contribution < 1.29 is 4.79 Å². The molecule has 0 bridgehead atoms. The fraction of sp³-hybridized carbons (Fsp3) is 0.500. The van der Waals surface area contributed by atoms with Gasteiger partial charge < -0.3 is 9.88 Å². The van der Waals surface area contributed by atoms with Gasteiger partial charge in [0.2, 0.25) is 0 Å². The summed E-state index contributed by atoms with van der Waals surface area (Å²) in [7, 11) is 0. The Morgan fingerprint density at radius 2 is 2.00 bits per heavy atom. The van der Waals surface area contributed by atoms with Crippen molar-refractivity contribution in [3.05, 3.63) is 38.7 Å². The van der Waals surface area contributed by atoms with Gasteiger partial charge in [-0.25, -0.2) is 15.0 Å². The number of pyridine rings is 1. The van der Waals surface area contributed by atoms with Crippen LogP contribution in [0.2, 0.25) is 0 Å². The third-order valence-electron chi connectivity index (χ3n) is 5.12. The van der Waals surface area contributed by atoms with Crippen molar-refractivity contribution in [2.75, 3.05) is 0 Å². The summed E-state index contributed by atoms with van der Waals surface area (Å²) in [5.74, 6) is 0.952. The number of nitrogens with one attached hydrogen (secondary N) is 1. The lowest BCUT2D eigenvalue weighted by atomic mass is 10.1. The average Bonchev–Trinajstić information content (AvgIpc) is 3.03. The fourth-order valence-corrected chi connectivity index (χ4v) is 4.81. The van der Waals surface area contributed by atoms with Crippen LogP contribution in [0.4, 0.5) is 0 Å². The van der Waals surface area contributed by atoms with E-state index in [1.165, 1.54) is 6.42 Å². The number of hydrogen-bond acceptors (Lipinski definition) is 5. The first kappa shape index (κ1) is 18.1. The average molecular weight is 384 g/mol. The number of hydrogen-bond donors (Lipinski definition) is 1. The monoisotopic (exact) mass is 383 g/mol. The maximum atomic E-state index is 13.1. The number of aromatic nitrogens is 4. The number of carbonyl (C=O) groups excluding carboxylic acids is 1. The molecule has 3 aromatic rings. The van der Waals surface area contributed by atoms with Crippen molar-refractivity contribution in [2.45, 2.75) is 66.0 Å². The Labute approximate surface area is 163 Å². The van der Waals surface area contributed by atoms with Crippen molar-refractivity contribution in [1.29, 1.82) is 0 Å². The number of amides is 1. The third-order valence-corrected chi connectivity index (χ3v) is 6.37. The highest BCUT2D eigenvalue weighted by atomic mass is 32.1. The van der Waals surface area contributed by atoms with Crippen LogP contribution in [0.5, 0.6) is 0 Å². The predicted molar refractivity (Wildman–Crippen MR) is 107 cm³/mol. The number of carbonyl (C=O) groups is 1. The van der Waals surface area contributed by atoms with Gasteiger partial charge in [0.15, 0.2) is 5.65 Å². The molecule has 0 radical (unpaired) electrons. The molecule has 6 nitrogen and oxygen atoms in total. The fourth-order valence-electron chi connectivity index (χ4n) is 3.88. The van der Waals surface area contributed by atoms with E-state index in [4.69, 9.17) is 9.97 Å². The van der Waals surface area contributed by atoms with Gasteiger partial charge in [0.1, 0.15) is 11.3 Å². The van der Waals surface area contributed by atoms with Crippen molar-refractivity contribution in [2.24, 2.45) is 0 Å². The number of rotatable bonds is 3. The zero-order valence-electron chi connectivity index (χ0n) is 16.3. The Bertz CT molecular complexity index is 1020. The Balaban J connectivity index is 1.70. The van der Waals surface area contributed by atoms with Gasteiger partial charge in [-0.3, -0.25) is 4.79 Å². The van der Waals surface area contributed by atoms with Crippen LogP contribution in [-0.4, -0.2) is 25.4 Å². The van der Waals surface area contributed by atoms with Gasteiger partial charge in [0, 0.05) is 23.5 Å². The third kappa shape index (κ3) is 3.36. The zero-order chi connectivity index (χ0) is 19.1. The lowest BCUT2D eigenvalue weighted by molar-refractivity contribution is 0.0941. The second kappa shape index (κ2) is 7.03. The molecule has 0 aromatic carbocycles. The van der Waals surface area contributed by atoms with Crippen molar-refractivity contribution in [3.63, 3.8) is 0 Å². The van der Waals surface area contributed by atoms with Gasteiger partial charge in [-0.05, 0) is 46.6 Å². The molecule has 1 N–H and O–H groups in total. The standard InChI is InChI=1S/C20H25N5OS/c1-11-10-15(20(26)23-13(3)18-12(2)22-14(4)27-18)17-19(21-11)25-9-7-5-6-8-16(25)24-17/h10,13H,5-9H2,1-4H3,(H,23,26)/t13-/m1/s1. The molecule has 7 heteroatoms. The molecule has 1 atom stereocenters. The highest BCUT2D eigenvalue weighted by Crippen LogP contribution is 2.27. The van der Waals surface area contributed by atoms with Gasteiger partial charge in [0.25, 0.3) is 5.91 Å². The minimum Gasteiger partial charge on any atom is -0.345 e. The van der Waals surface area contributed by atoms with E-state index in [-0.39, 0.29) is 11.9 Å². The van der Waals surface area contributed by atoms with Gasteiger partial charge in [0.05, 0.1) is 22.3 Å². The highest BCUT2D eigenvalue weighted by Gasteiger charge is 2.23. The summed E-state index contributed by atoms with van der Waals surface area (Å²) in [5.41, 5.74) is 4.00. The number of aryl methyl sites for hydroxylation is 5. The molecule has 0 saturated heterocycles. The zero-order valence-corrected chi connectivity index (χ0v) is 17.1. The van der Waals surface area contributed by atoms with Crippen LogP contribution in [0.15, 0.2) is 6.07 Å². The van der Waals surface area contributed by atoms with E-state index in [1.807, 2.05) is 33.8 Å². The smallest absolute Gasteiger partial charge is 0.254 e. The van der Waals surface area contributed by atoms with E-state index in [9.17, 15) is 4.79 Å². The summed E-state index contributed by atoms with van der Waals surface area (Å²) in [6, 6.07) is 1.76. The number of fused-ring (bicyclic) bond motifs is 3. The minimum absolute atomic E-state index is 0.0901. The second-order valence-electron chi connectivity index (χ2n) is 7.35. The Hall–Kier alpha value is -2.28. The van der Waals surface area contributed by atoms with E-state index in [0.29, 0.717) is 5.56 Å². The summed E-state index contributed by atoms with van der Waals surface area (Å²) in [6.45, 7) is 8.85. The van der Waals surface area contributed by atoms with Crippen LogP contribution in [0.25, 0.3) is 11.2 Å². The van der Waals surface area contributed by atoms with E-state index < -0.39 is 0 Å². The van der Waals surface area contributed by atoms with Crippen LogP contribution >= 0.6 is 11.3 Å². The molecule has 4 heterocycles. The first-order valence-electron chi connectivity index (χ1n) is 9.55. The molecule has 0 spiro atoms. The van der Waals surface area contributed by atoms with E-state index in [2.05, 4.69) is 14.9 Å². The molecular weight excluding hydrogens is 358 g/mol. The lowest BCUT2D eigenvalue weighted by Crippen LogP contribution is -2.27. The van der Waals surface area contributed by atoms with E-state index in [0.717, 1.165) is 64.1 Å². The van der Waals surface area contributed by atoms with Crippen LogP contribution in [-0.2, 0) is 13.0 Å². The van der Waals surface area contributed by atoms with E-state index >= 15 is 0 Å². The number of nitrogens with zero attached hydrogens (tertiary/aromatic N) is 4. The molecule has 27 heavy (non-hydrogen) atoms. The normalized spacial score (nSPS) is 15.4. The summed E-state index contributed by atoms with van der Waals surface area (Å²) in [5, 5.41) is 4.15. The van der Waals surface area contributed by atoms with Crippen LogP contribution in [0.3, 0.4) is 0 Å². The maximum Gasteiger partial charge on any atom is 0.254 e. The maximum absolute atomic E-state index is 13.1. The van der Waals surface area contributed by atoms with Crippen LogP contribution in [0, 0.1) is 20.8 Å².